The first-order chi connectivity index (χ1) is 11.0. The Morgan fingerprint density at radius 1 is 1.52 bits per heavy atom. The summed E-state index contributed by atoms with van der Waals surface area (Å²) in [7, 11) is 0. The highest BCUT2D eigenvalue weighted by Gasteiger charge is 2.35. The summed E-state index contributed by atoms with van der Waals surface area (Å²) in [6, 6.07) is -0.100. The topological polar surface area (TPSA) is 90.6 Å². The van der Waals surface area contributed by atoms with Crippen LogP contribution in [0.5, 0.6) is 0 Å². The first kappa shape index (κ1) is 16.3. The molecule has 23 heavy (non-hydrogen) atoms. The number of aryl methyl sites for hydroxylation is 1. The van der Waals surface area contributed by atoms with Crippen LogP contribution in [0.25, 0.3) is 0 Å². The molecule has 1 unspecified atom stereocenters. The van der Waals surface area contributed by atoms with Crippen molar-refractivity contribution in [3.8, 4) is 0 Å². The molecule has 0 saturated carbocycles. The average molecular weight is 322 g/mol. The van der Waals surface area contributed by atoms with E-state index >= 15 is 0 Å². The van der Waals surface area contributed by atoms with Crippen molar-refractivity contribution in [3.63, 3.8) is 0 Å². The standard InChI is InChI=1S/C16H26N4O3/c1-10(2)20-15-5-12(4-3-11(15)7-17-20)18-16(23)19-8-14(22)6-13(19)9-21/h7,10,12-14,21-22H,3-6,8-9H2,1-2H3,(H,18,23)/t12?,13-,14-/m0/s1. The normalized spacial score (nSPS) is 27.3. The molecule has 128 valence electrons. The minimum atomic E-state index is -0.543. The van der Waals surface area contributed by atoms with Gasteiger partial charge >= 0.3 is 6.03 Å². The third kappa shape index (κ3) is 3.21. The molecule has 0 bridgehead atoms. The molecule has 3 N–H and O–H groups in total. The molecule has 0 radical (unpaired) electrons. The van der Waals surface area contributed by atoms with Crippen molar-refractivity contribution in [1.29, 1.82) is 0 Å². The van der Waals surface area contributed by atoms with Crippen LogP contribution in [0.4, 0.5) is 4.79 Å². The summed E-state index contributed by atoms with van der Waals surface area (Å²) in [6.45, 7) is 4.39. The number of fused-ring (bicyclic) bond motifs is 1. The Morgan fingerprint density at radius 2 is 2.30 bits per heavy atom. The van der Waals surface area contributed by atoms with Crippen LogP contribution in [-0.2, 0) is 12.8 Å². The summed E-state index contributed by atoms with van der Waals surface area (Å²) in [5, 5.41) is 26.6. The molecular formula is C16H26N4O3. The number of aliphatic hydroxyl groups excluding tert-OH is 2. The third-order valence-corrected chi connectivity index (χ3v) is 4.87. The van der Waals surface area contributed by atoms with Crippen molar-refractivity contribution < 1.29 is 15.0 Å². The molecule has 7 nitrogen and oxygen atoms in total. The molecule has 1 aliphatic heterocycles. The second-order valence-corrected chi connectivity index (χ2v) is 6.92. The van der Waals surface area contributed by atoms with Gasteiger partial charge in [-0.1, -0.05) is 0 Å². The average Bonchev–Trinajstić information content (AvgIpc) is 3.09. The van der Waals surface area contributed by atoms with E-state index in [1.807, 2.05) is 10.9 Å². The second kappa shape index (κ2) is 6.49. The molecule has 1 fully saturated rings. The van der Waals surface area contributed by atoms with Crippen molar-refractivity contribution in [3.05, 3.63) is 17.5 Å². The van der Waals surface area contributed by atoms with Crippen molar-refractivity contribution in [2.75, 3.05) is 13.2 Å². The monoisotopic (exact) mass is 322 g/mol. The lowest BCUT2D eigenvalue weighted by Gasteiger charge is -2.29. The van der Waals surface area contributed by atoms with Crippen LogP contribution >= 0.6 is 0 Å². The lowest BCUT2D eigenvalue weighted by Crippen LogP contribution is -2.49. The van der Waals surface area contributed by atoms with Crippen LogP contribution in [0, 0.1) is 0 Å². The largest absolute Gasteiger partial charge is 0.394 e. The Balaban J connectivity index is 1.65. The summed E-state index contributed by atoms with van der Waals surface area (Å²) >= 11 is 0. The fourth-order valence-electron chi connectivity index (χ4n) is 3.66. The van der Waals surface area contributed by atoms with Crippen molar-refractivity contribution in [1.82, 2.24) is 20.0 Å². The van der Waals surface area contributed by atoms with Crippen LogP contribution in [0.15, 0.2) is 6.20 Å². The molecule has 1 aliphatic carbocycles. The van der Waals surface area contributed by atoms with Gasteiger partial charge in [-0.25, -0.2) is 4.79 Å². The van der Waals surface area contributed by atoms with Crippen LogP contribution in [-0.4, -0.2) is 62.3 Å². The predicted octanol–water partition coefficient (Wildman–Crippen LogP) is 0.458. The number of β-amino-alcohol motifs (C(OH)–C–C–N with tert-alkyl or cyclic N) is 1. The summed E-state index contributed by atoms with van der Waals surface area (Å²) in [5.74, 6) is 0. The Kier molecular flexibility index (Phi) is 4.59. The highest BCUT2D eigenvalue weighted by molar-refractivity contribution is 5.75. The number of aliphatic hydroxyl groups is 2. The van der Waals surface area contributed by atoms with Gasteiger partial charge in [0.2, 0.25) is 0 Å². The van der Waals surface area contributed by atoms with Crippen molar-refractivity contribution in [2.45, 2.75) is 63.8 Å². The number of nitrogens with one attached hydrogen (secondary N) is 1. The Labute approximate surface area is 136 Å². The van der Waals surface area contributed by atoms with Gasteiger partial charge in [-0.2, -0.15) is 5.10 Å². The van der Waals surface area contributed by atoms with Gasteiger partial charge in [0, 0.05) is 30.7 Å². The minimum absolute atomic E-state index is 0.0706. The van der Waals surface area contributed by atoms with Gasteiger partial charge in [0.1, 0.15) is 0 Å². The first-order valence-corrected chi connectivity index (χ1v) is 8.41. The van der Waals surface area contributed by atoms with E-state index in [4.69, 9.17) is 0 Å². The highest BCUT2D eigenvalue weighted by Crippen LogP contribution is 2.24. The highest BCUT2D eigenvalue weighted by atomic mass is 16.3. The fraction of sp³-hybridized carbons (Fsp3) is 0.750. The number of hydrogen-bond donors (Lipinski definition) is 3. The molecule has 1 aromatic rings. The van der Waals surface area contributed by atoms with Gasteiger partial charge in [-0.15, -0.1) is 0 Å². The zero-order chi connectivity index (χ0) is 16.6. The van der Waals surface area contributed by atoms with Crippen LogP contribution < -0.4 is 5.32 Å². The SMILES string of the molecule is CC(C)n1ncc2c1CC(NC(=O)N1C[C@@H](O)C[C@H]1CO)CC2. The number of rotatable bonds is 3. The first-order valence-electron chi connectivity index (χ1n) is 8.41. The van der Waals surface area contributed by atoms with E-state index in [1.165, 1.54) is 11.3 Å². The molecule has 2 aliphatic rings. The minimum Gasteiger partial charge on any atom is -0.394 e. The number of nitrogens with zero attached hydrogens (tertiary/aromatic N) is 3. The third-order valence-electron chi connectivity index (χ3n) is 4.87. The van der Waals surface area contributed by atoms with Crippen LogP contribution in [0.3, 0.4) is 0 Å². The van der Waals surface area contributed by atoms with E-state index in [-0.39, 0.29) is 24.7 Å². The number of carbonyl (C=O) groups is 1. The number of likely N-dealkylation sites (tertiary alicyclic amines) is 1. The number of amides is 2. The van der Waals surface area contributed by atoms with Gasteiger partial charge in [0.25, 0.3) is 0 Å². The summed E-state index contributed by atoms with van der Waals surface area (Å²) in [4.78, 5) is 14.0. The van der Waals surface area contributed by atoms with E-state index in [0.717, 1.165) is 19.3 Å². The summed E-state index contributed by atoms with van der Waals surface area (Å²) < 4.78 is 2.03. The van der Waals surface area contributed by atoms with Gasteiger partial charge in [0.05, 0.1) is 24.9 Å². The van der Waals surface area contributed by atoms with E-state index < -0.39 is 6.10 Å². The maximum atomic E-state index is 12.5. The number of carbonyl (C=O) groups excluding carboxylic acids is 1. The Bertz CT molecular complexity index is 572. The zero-order valence-corrected chi connectivity index (χ0v) is 13.8. The second-order valence-electron chi connectivity index (χ2n) is 6.92. The Morgan fingerprint density at radius 3 is 3.00 bits per heavy atom. The van der Waals surface area contributed by atoms with Gasteiger partial charge in [-0.05, 0) is 38.7 Å². The number of aromatic nitrogens is 2. The zero-order valence-electron chi connectivity index (χ0n) is 13.8. The fourth-order valence-corrected chi connectivity index (χ4v) is 3.66. The van der Waals surface area contributed by atoms with Crippen molar-refractivity contribution in [2.24, 2.45) is 0 Å². The molecular weight excluding hydrogens is 296 g/mol. The summed E-state index contributed by atoms with van der Waals surface area (Å²) in [6.07, 6.45) is 4.42. The quantitative estimate of drug-likeness (QED) is 0.754. The smallest absolute Gasteiger partial charge is 0.318 e. The van der Waals surface area contributed by atoms with Gasteiger partial charge in [-0.3, -0.25) is 4.68 Å². The Hall–Kier alpha value is -1.60. The molecule has 7 heteroatoms. The van der Waals surface area contributed by atoms with E-state index in [9.17, 15) is 15.0 Å². The molecule has 2 heterocycles. The summed E-state index contributed by atoms with van der Waals surface area (Å²) in [5.41, 5.74) is 2.48. The number of urea groups is 1. The van der Waals surface area contributed by atoms with E-state index in [1.54, 1.807) is 4.90 Å². The molecule has 0 spiro atoms. The number of hydrogen-bond acceptors (Lipinski definition) is 4. The van der Waals surface area contributed by atoms with E-state index in [0.29, 0.717) is 19.0 Å². The molecule has 3 atom stereocenters. The van der Waals surface area contributed by atoms with Crippen molar-refractivity contribution >= 4 is 6.03 Å². The molecule has 3 rings (SSSR count). The lowest BCUT2D eigenvalue weighted by atomic mass is 9.93. The molecule has 2 amide bonds. The predicted molar refractivity (Wildman–Crippen MR) is 85.2 cm³/mol. The van der Waals surface area contributed by atoms with Gasteiger partial charge < -0.3 is 20.4 Å². The molecule has 1 aromatic heterocycles. The lowest BCUT2D eigenvalue weighted by molar-refractivity contribution is 0.151. The maximum absolute atomic E-state index is 12.5. The maximum Gasteiger partial charge on any atom is 0.318 e. The molecule has 1 saturated heterocycles. The van der Waals surface area contributed by atoms with Crippen LogP contribution in [0.1, 0.15) is 44.0 Å². The van der Waals surface area contributed by atoms with Gasteiger partial charge in [0.15, 0.2) is 0 Å². The van der Waals surface area contributed by atoms with E-state index in [2.05, 4.69) is 24.3 Å². The van der Waals surface area contributed by atoms with Crippen LogP contribution in [0.2, 0.25) is 0 Å². The molecule has 0 aromatic carbocycles.